The SMILES string of the molecule is CC(C)(C)C1c2cccc([Si](C)(C)C)c2C(=O)c2c1cccc2[Si](C)(C)C. The van der Waals surface area contributed by atoms with Gasteiger partial charge in [0.25, 0.3) is 0 Å². The van der Waals surface area contributed by atoms with Crippen LogP contribution in [-0.2, 0) is 0 Å². The topological polar surface area (TPSA) is 17.1 Å². The number of hydrogen-bond acceptors (Lipinski definition) is 1. The number of fused-ring (bicyclic) bond motifs is 2. The first-order valence-electron chi connectivity index (χ1n) is 10.1. The van der Waals surface area contributed by atoms with Crippen LogP contribution in [-0.4, -0.2) is 21.9 Å². The molecule has 0 heterocycles. The van der Waals surface area contributed by atoms with Crippen LogP contribution < -0.4 is 10.4 Å². The average molecular weight is 395 g/mol. The maximum Gasteiger partial charge on any atom is 0.193 e. The molecule has 0 fully saturated rings. The molecule has 0 bridgehead atoms. The van der Waals surface area contributed by atoms with E-state index in [0.717, 1.165) is 11.1 Å². The Balaban J connectivity index is 2.45. The molecule has 0 saturated carbocycles. The highest BCUT2D eigenvalue weighted by atomic mass is 28.3. The van der Waals surface area contributed by atoms with Gasteiger partial charge in [0.2, 0.25) is 0 Å². The molecular weight excluding hydrogens is 360 g/mol. The predicted octanol–water partition coefficient (Wildman–Crippen LogP) is 5.50. The Kier molecular flexibility index (Phi) is 4.72. The Labute approximate surface area is 167 Å². The molecule has 3 rings (SSSR count). The lowest BCUT2D eigenvalue weighted by Gasteiger charge is -2.40. The van der Waals surface area contributed by atoms with Crippen molar-refractivity contribution in [2.45, 2.75) is 66.0 Å². The Morgan fingerprint density at radius 2 is 1.07 bits per heavy atom. The van der Waals surface area contributed by atoms with Crippen molar-refractivity contribution in [3.05, 3.63) is 58.7 Å². The minimum Gasteiger partial charge on any atom is -0.289 e. The van der Waals surface area contributed by atoms with Gasteiger partial charge in [-0.25, -0.2) is 0 Å². The lowest BCUT2D eigenvalue weighted by atomic mass is 9.66. The van der Waals surface area contributed by atoms with Gasteiger partial charge in [0.1, 0.15) is 0 Å². The second-order valence-corrected chi connectivity index (χ2v) is 21.2. The number of ketones is 1. The molecule has 1 nitrogen and oxygen atoms in total. The minimum absolute atomic E-state index is 0.0559. The van der Waals surface area contributed by atoms with Gasteiger partial charge in [0.15, 0.2) is 5.78 Å². The zero-order chi connectivity index (χ0) is 20.4. The quantitative estimate of drug-likeness (QED) is 0.615. The first-order valence-corrected chi connectivity index (χ1v) is 17.1. The van der Waals surface area contributed by atoms with Crippen LogP contribution in [0.2, 0.25) is 39.3 Å². The Bertz CT molecular complexity index is 838. The van der Waals surface area contributed by atoms with E-state index in [9.17, 15) is 4.79 Å². The van der Waals surface area contributed by atoms with Crippen molar-refractivity contribution >= 4 is 32.3 Å². The van der Waals surface area contributed by atoms with Gasteiger partial charge in [-0.05, 0) is 26.9 Å². The summed E-state index contributed by atoms with van der Waals surface area (Å²) in [5.74, 6) is 0.532. The highest BCUT2D eigenvalue weighted by molar-refractivity contribution is 6.90. The fraction of sp³-hybridized carbons (Fsp3) is 0.458. The van der Waals surface area contributed by atoms with Crippen LogP contribution in [0.3, 0.4) is 0 Å². The molecule has 0 N–H and O–H groups in total. The highest BCUT2D eigenvalue weighted by Crippen LogP contribution is 2.46. The summed E-state index contributed by atoms with van der Waals surface area (Å²) in [7, 11) is -3.27. The van der Waals surface area contributed by atoms with Crippen molar-refractivity contribution in [2.24, 2.45) is 5.41 Å². The van der Waals surface area contributed by atoms with E-state index in [4.69, 9.17) is 0 Å². The Morgan fingerprint density at radius 3 is 1.37 bits per heavy atom. The van der Waals surface area contributed by atoms with Crippen LogP contribution in [0.4, 0.5) is 0 Å². The minimum atomic E-state index is -1.64. The zero-order valence-corrected chi connectivity index (χ0v) is 20.4. The van der Waals surface area contributed by atoms with Crippen molar-refractivity contribution in [1.29, 1.82) is 0 Å². The van der Waals surface area contributed by atoms with Crippen LogP contribution in [0.5, 0.6) is 0 Å². The molecule has 27 heavy (non-hydrogen) atoms. The molecule has 0 atom stereocenters. The standard InChI is InChI=1S/C24H34OSi2/c1-24(2,3)22-16-12-10-14-18(26(4,5)6)20(16)23(25)21-17(22)13-11-15-19(21)27(7,8)9/h10-15,22H,1-9H3. The summed E-state index contributed by atoms with van der Waals surface area (Å²) >= 11 is 0. The predicted molar refractivity (Wildman–Crippen MR) is 124 cm³/mol. The van der Waals surface area contributed by atoms with Gasteiger partial charge in [0, 0.05) is 17.0 Å². The number of carbonyl (C=O) groups is 1. The summed E-state index contributed by atoms with van der Waals surface area (Å²) in [4.78, 5) is 14.0. The molecule has 0 aromatic heterocycles. The van der Waals surface area contributed by atoms with Gasteiger partial charge in [0.05, 0.1) is 16.1 Å². The molecule has 2 aromatic carbocycles. The Hall–Kier alpha value is -1.46. The van der Waals surface area contributed by atoms with Crippen LogP contribution in [0.15, 0.2) is 36.4 Å². The van der Waals surface area contributed by atoms with Crippen LogP contribution in [0.1, 0.15) is 53.7 Å². The van der Waals surface area contributed by atoms with Gasteiger partial charge in [-0.1, -0.05) is 96.5 Å². The molecule has 0 amide bonds. The summed E-state index contributed by atoms with van der Waals surface area (Å²) in [6.07, 6.45) is 0. The molecular formula is C24H34OSi2. The van der Waals surface area contributed by atoms with E-state index in [1.165, 1.54) is 21.5 Å². The Morgan fingerprint density at radius 1 is 0.704 bits per heavy atom. The van der Waals surface area contributed by atoms with E-state index in [0.29, 0.717) is 0 Å². The summed E-state index contributed by atoms with van der Waals surface area (Å²) in [6, 6.07) is 13.2. The number of rotatable bonds is 2. The van der Waals surface area contributed by atoms with Crippen molar-refractivity contribution in [3.8, 4) is 0 Å². The normalized spacial score (nSPS) is 15.5. The molecule has 2 aromatic rings. The molecule has 0 unspecified atom stereocenters. The summed E-state index contributed by atoms with van der Waals surface area (Å²) < 4.78 is 0. The van der Waals surface area contributed by atoms with Crippen molar-refractivity contribution in [2.75, 3.05) is 0 Å². The largest absolute Gasteiger partial charge is 0.289 e. The highest BCUT2D eigenvalue weighted by Gasteiger charge is 2.42. The van der Waals surface area contributed by atoms with E-state index in [1.807, 2.05) is 0 Å². The first kappa shape index (κ1) is 20.3. The summed E-state index contributed by atoms with van der Waals surface area (Å²) in [6.45, 7) is 21.0. The average Bonchev–Trinajstić information content (AvgIpc) is 2.51. The number of hydrogen-bond donors (Lipinski definition) is 0. The smallest absolute Gasteiger partial charge is 0.193 e. The molecule has 1 aliphatic carbocycles. The molecule has 0 saturated heterocycles. The first-order chi connectivity index (χ1) is 12.2. The van der Waals surface area contributed by atoms with Gasteiger partial charge < -0.3 is 0 Å². The fourth-order valence-corrected chi connectivity index (χ4v) is 7.81. The summed E-state index contributed by atoms with van der Waals surface area (Å²) in [5, 5.41) is 2.63. The maximum absolute atomic E-state index is 14.0. The van der Waals surface area contributed by atoms with E-state index in [2.05, 4.69) is 96.5 Å². The fourth-order valence-electron chi connectivity index (χ4n) is 4.60. The molecule has 144 valence electrons. The zero-order valence-electron chi connectivity index (χ0n) is 18.4. The van der Waals surface area contributed by atoms with Crippen molar-refractivity contribution in [3.63, 3.8) is 0 Å². The van der Waals surface area contributed by atoms with Crippen molar-refractivity contribution < 1.29 is 4.79 Å². The van der Waals surface area contributed by atoms with E-state index >= 15 is 0 Å². The third-order valence-electron chi connectivity index (χ3n) is 5.75. The van der Waals surface area contributed by atoms with Gasteiger partial charge in [-0.3, -0.25) is 4.79 Å². The third-order valence-corrected chi connectivity index (χ3v) is 9.82. The monoisotopic (exact) mass is 394 g/mol. The van der Waals surface area contributed by atoms with Crippen molar-refractivity contribution in [1.82, 2.24) is 0 Å². The number of carbonyl (C=O) groups excluding carboxylic acids is 1. The second-order valence-electron chi connectivity index (χ2n) is 11.2. The van der Waals surface area contributed by atoms with Crippen LogP contribution in [0.25, 0.3) is 0 Å². The lowest BCUT2D eigenvalue weighted by molar-refractivity contribution is 0.103. The number of benzene rings is 2. The lowest BCUT2D eigenvalue weighted by Crippen LogP contribution is -2.48. The van der Waals surface area contributed by atoms with Crippen LogP contribution >= 0.6 is 0 Å². The van der Waals surface area contributed by atoms with E-state index < -0.39 is 16.1 Å². The van der Waals surface area contributed by atoms with E-state index in [-0.39, 0.29) is 17.1 Å². The van der Waals surface area contributed by atoms with Gasteiger partial charge in [-0.15, -0.1) is 0 Å². The second kappa shape index (κ2) is 6.28. The third kappa shape index (κ3) is 3.40. The van der Waals surface area contributed by atoms with Gasteiger partial charge in [-0.2, -0.15) is 0 Å². The molecule has 0 radical (unpaired) electrons. The van der Waals surface area contributed by atoms with Gasteiger partial charge >= 0.3 is 0 Å². The molecule has 0 aliphatic heterocycles. The molecule has 1 aliphatic rings. The van der Waals surface area contributed by atoms with E-state index in [1.54, 1.807) is 0 Å². The van der Waals surface area contributed by atoms with Crippen LogP contribution in [0, 0.1) is 5.41 Å². The maximum atomic E-state index is 14.0. The summed E-state index contributed by atoms with van der Waals surface area (Å²) in [5.41, 5.74) is 4.59. The molecule has 0 spiro atoms. The molecule has 3 heteroatoms.